The molecule has 1 fully saturated rings. The summed E-state index contributed by atoms with van der Waals surface area (Å²) in [4.78, 5) is 2.13. The van der Waals surface area contributed by atoms with Crippen molar-refractivity contribution in [2.24, 2.45) is 11.8 Å². The molecule has 0 bridgehead atoms. The van der Waals surface area contributed by atoms with Crippen LogP contribution in [-0.4, -0.2) is 62.6 Å². The SMILES string of the molecule is CCN(CCO)CCC[C@H]1CC[C@H](CN(C)S(=O)(=O)c2ccc(C(F)(F)F)cc2)CC1. The first-order valence-corrected chi connectivity index (χ1v) is 12.5. The summed E-state index contributed by atoms with van der Waals surface area (Å²) in [6, 6.07) is 3.68. The Morgan fingerprint density at radius 1 is 1.03 bits per heavy atom. The molecule has 2 rings (SSSR count). The molecule has 31 heavy (non-hydrogen) atoms. The van der Waals surface area contributed by atoms with Crippen LogP contribution in [-0.2, 0) is 16.2 Å². The Morgan fingerprint density at radius 3 is 2.13 bits per heavy atom. The molecule has 0 heterocycles. The lowest BCUT2D eigenvalue weighted by molar-refractivity contribution is -0.137. The van der Waals surface area contributed by atoms with Gasteiger partial charge in [0.25, 0.3) is 0 Å². The minimum atomic E-state index is -4.49. The maximum absolute atomic E-state index is 12.7. The number of sulfonamides is 1. The average molecular weight is 465 g/mol. The molecule has 9 heteroatoms. The lowest BCUT2D eigenvalue weighted by Crippen LogP contribution is -2.33. The Hall–Kier alpha value is -1.16. The van der Waals surface area contributed by atoms with E-state index in [1.54, 1.807) is 0 Å². The van der Waals surface area contributed by atoms with Gasteiger partial charge in [-0.15, -0.1) is 0 Å². The number of hydrogen-bond donors (Lipinski definition) is 1. The van der Waals surface area contributed by atoms with Gasteiger partial charge in [0.05, 0.1) is 17.1 Å². The number of benzene rings is 1. The van der Waals surface area contributed by atoms with E-state index in [1.807, 2.05) is 0 Å². The van der Waals surface area contributed by atoms with Crippen LogP contribution in [0.1, 0.15) is 51.0 Å². The fourth-order valence-electron chi connectivity index (χ4n) is 4.33. The third kappa shape index (κ3) is 7.73. The molecule has 178 valence electrons. The van der Waals surface area contributed by atoms with E-state index in [9.17, 15) is 21.6 Å². The summed E-state index contributed by atoms with van der Waals surface area (Å²) in [5, 5.41) is 9.06. The van der Waals surface area contributed by atoms with Gasteiger partial charge in [-0.2, -0.15) is 13.2 Å². The first-order valence-electron chi connectivity index (χ1n) is 11.0. The third-order valence-corrected chi connectivity index (χ3v) is 8.16. The maximum atomic E-state index is 12.7. The number of alkyl halides is 3. The molecule has 0 aliphatic heterocycles. The molecule has 0 spiro atoms. The molecule has 1 aromatic carbocycles. The van der Waals surface area contributed by atoms with Crippen molar-refractivity contribution >= 4 is 10.0 Å². The summed E-state index contributed by atoms with van der Waals surface area (Å²) in [7, 11) is -2.31. The van der Waals surface area contributed by atoms with Crippen LogP contribution in [0.2, 0.25) is 0 Å². The second-order valence-electron chi connectivity index (χ2n) is 8.49. The van der Waals surface area contributed by atoms with Gasteiger partial charge in [0.15, 0.2) is 0 Å². The van der Waals surface area contributed by atoms with Crippen LogP contribution in [0.15, 0.2) is 29.2 Å². The normalized spacial score (nSPS) is 20.5. The van der Waals surface area contributed by atoms with Crippen molar-refractivity contribution < 1.29 is 26.7 Å². The van der Waals surface area contributed by atoms with Gasteiger partial charge in [-0.3, -0.25) is 0 Å². The van der Waals surface area contributed by atoms with Gasteiger partial charge in [-0.25, -0.2) is 12.7 Å². The monoisotopic (exact) mass is 464 g/mol. The van der Waals surface area contributed by atoms with E-state index in [2.05, 4.69) is 11.8 Å². The molecule has 0 unspecified atom stereocenters. The molecule has 1 saturated carbocycles. The zero-order chi connectivity index (χ0) is 23.1. The zero-order valence-corrected chi connectivity index (χ0v) is 19.3. The van der Waals surface area contributed by atoms with E-state index in [1.165, 1.54) is 11.4 Å². The van der Waals surface area contributed by atoms with Gasteiger partial charge in [-0.1, -0.05) is 19.8 Å². The number of rotatable bonds is 11. The lowest BCUT2D eigenvalue weighted by atomic mass is 9.80. The number of likely N-dealkylation sites (N-methyl/N-ethyl adjacent to an activating group) is 1. The molecule has 1 N–H and O–H groups in total. The summed E-state index contributed by atoms with van der Waals surface area (Å²) >= 11 is 0. The number of aliphatic hydroxyl groups is 1. The van der Waals surface area contributed by atoms with E-state index in [0.717, 1.165) is 75.9 Å². The Bertz CT molecular complexity index is 761. The molecule has 0 radical (unpaired) electrons. The summed E-state index contributed by atoms with van der Waals surface area (Å²) < 4.78 is 64.9. The number of aliphatic hydroxyl groups excluding tert-OH is 1. The highest BCUT2D eigenvalue weighted by Crippen LogP contribution is 2.33. The van der Waals surface area contributed by atoms with Gasteiger partial charge in [0, 0.05) is 20.1 Å². The topological polar surface area (TPSA) is 60.9 Å². The summed E-state index contributed by atoms with van der Waals surface area (Å²) in [6.45, 7) is 5.30. The van der Waals surface area contributed by atoms with E-state index >= 15 is 0 Å². The molecule has 0 saturated heterocycles. The predicted molar refractivity (Wildman–Crippen MR) is 115 cm³/mol. The predicted octanol–water partition coefficient (Wildman–Crippen LogP) is 4.23. The molecule has 1 aromatic rings. The first-order chi connectivity index (χ1) is 14.6. The minimum Gasteiger partial charge on any atom is -0.395 e. The van der Waals surface area contributed by atoms with Crippen LogP contribution in [0.4, 0.5) is 13.2 Å². The van der Waals surface area contributed by atoms with Crippen LogP contribution in [0.25, 0.3) is 0 Å². The Balaban J connectivity index is 1.81. The Morgan fingerprint density at radius 2 is 1.61 bits per heavy atom. The van der Waals surface area contributed by atoms with Crippen molar-refractivity contribution in [3.8, 4) is 0 Å². The van der Waals surface area contributed by atoms with Crippen molar-refractivity contribution in [2.45, 2.75) is 56.5 Å². The van der Waals surface area contributed by atoms with Gasteiger partial charge in [0.1, 0.15) is 0 Å². The first kappa shape index (κ1) is 26.1. The quantitative estimate of drug-likeness (QED) is 0.533. The van der Waals surface area contributed by atoms with Crippen LogP contribution in [0.5, 0.6) is 0 Å². The van der Waals surface area contributed by atoms with Crippen molar-refractivity contribution in [3.05, 3.63) is 29.8 Å². The number of nitrogens with zero attached hydrogens (tertiary/aromatic N) is 2. The highest BCUT2D eigenvalue weighted by molar-refractivity contribution is 7.89. The van der Waals surface area contributed by atoms with E-state index in [4.69, 9.17) is 5.11 Å². The zero-order valence-electron chi connectivity index (χ0n) is 18.4. The van der Waals surface area contributed by atoms with Crippen LogP contribution < -0.4 is 0 Å². The van der Waals surface area contributed by atoms with Gasteiger partial charge < -0.3 is 10.0 Å². The Kier molecular flexibility index (Phi) is 9.79. The van der Waals surface area contributed by atoms with E-state index in [0.29, 0.717) is 19.0 Å². The molecule has 1 aliphatic carbocycles. The molecule has 0 amide bonds. The minimum absolute atomic E-state index is 0.111. The number of hydrogen-bond acceptors (Lipinski definition) is 4. The number of halogens is 3. The maximum Gasteiger partial charge on any atom is 0.416 e. The summed E-state index contributed by atoms with van der Waals surface area (Å²) in [6.07, 6.45) is 1.84. The van der Waals surface area contributed by atoms with Crippen molar-refractivity contribution in [2.75, 3.05) is 39.8 Å². The van der Waals surface area contributed by atoms with Crippen molar-refractivity contribution in [1.29, 1.82) is 0 Å². The van der Waals surface area contributed by atoms with Gasteiger partial charge in [-0.05, 0) is 74.9 Å². The summed E-state index contributed by atoms with van der Waals surface area (Å²) in [5.74, 6) is 0.924. The largest absolute Gasteiger partial charge is 0.416 e. The van der Waals surface area contributed by atoms with Gasteiger partial charge in [0.2, 0.25) is 10.0 Å². The third-order valence-electron chi connectivity index (χ3n) is 6.32. The smallest absolute Gasteiger partial charge is 0.395 e. The van der Waals surface area contributed by atoms with Crippen LogP contribution in [0.3, 0.4) is 0 Å². The van der Waals surface area contributed by atoms with Gasteiger partial charge >= 0.3 is 6.18 Å². The fourth-order valence-corrected chi connectivity index (χ4v) is 5.58. The van der Waals surface area contributed by atoms with Crippen molar-refractivity contribution in [3.63, 3.8) is 0 Å². The average Bonchev–Trinajstić information content (AvgIpc) is 2.73. The van der Waals surface area contributed by atoms with Crippen molar-refractivity contribution in [1.82, 2.24) is 9.21 Å². The van der Waals surface area contributed by atoms with Crippen LogP contribution >= 0.6 is 0 Å². The highest BCUT2D eigenvalue weighted by Gasteiger charge is 2.32. The Labute approximate surface area is 184 Å². The second kappa shape index (κ2) is 11.6. The molecular formula is C22H35F3N2O3S. The summed E-state index contributed by atoms with van der Waals surface area (Å²) in [5.41, 5.74) is -0.856. The highest BCUT2D eigenvalue weighted by atomic mass is 32.2. The molecular weight excluding hydrogens is 429 g/mol. The molecule has 1 aliphatic rings. The van der Waals surface area contributed by atoms with E-state index < -0.39 is 21.8 Å². The molecule has 5 nitrogen and oxygen atoms in total. The van der Waals surface area contributed by atoms with Crippen LogP contribution in [0, 0.1) is 11.8 Å². The molecule has 0 atom stereocenters. The van der Waals surface area contributed by atoms with E-state index in [-0.39, 0.29) is 17.4 Å². The second-order valence-corrected chi connectivity index (χ2v) is 10.5. The standard InChI is InChI=1S/C22H35F3N2O3S/c1-3-27(15-16-28)14-4-5-18-6-8-19(9-7-18)17-26(2)31(29,30)21-12-10-20(11-13-21)22(23,24)25/h10-13,18-19,28H,3-9,14-17H2,1-2H3/t18-,19-. The molecule has 0 aromatic heterocycles. The fraction of sp³-hybridized carbons (Fsp3) is 0.727. The lowest BCUT2D eigenvalue weighted by Gasteiger charge is -2.31.